The summed E-state index contributed by atoms with van der Waals surface area (Å²) in [6.45, 7) is 1.83. The van der Waals surface area contributed by atoms with Gasteiger partial charge in [-0.15, -0.1) is 0 Å². The quantitative estimate of drug-likeness (QED) is 0.928. The summed E-state index contributed by atoms with van der Waals surface area (Å²) in [6.07, 6.45) is 0. The molecular weight excluding hydrogens is 262 g/mol. The fraction of sp³-hybridized carbons (Fsp3) is 0.143. The van der Waals surface area contributed by atoms with Gasteiger partial charge in [-0.3, -0.25) is 0 Å². The highest BCUT2D eigenvalue weighted by Gasteiger charge is 2.13. The van der Waals surface area contributed by atoms with E-state index < -0.39 is 5.97 Å². The van der Waals surface area contributed by atoms with Crippen molar-refractivity contribution in [3.8, 4) is 5.75 Å². The van der Waals surface area contributed by atoms with Gasteiger partial charge in [0.1, 0.15) is 10.8 Å². The van der Waals surface area contributed by atoms with Crippen LogP contribution in [0, 0.1) is 6.92 Å². The largest absolute Gasteiger partial charge is 0.497 e. The topological polar surface area (TPSA) is 59.4 Å². The number of carbonyl (C=O) groups is 1. The first-order valence-corrected chi connectivity index (χ1v) is 6.44. The molecule has 0 radical (unpaired) electrons. The molecule has 5 heteroatoms. The second-order valence-electron chi connectivity index (χ2n) is 3.89. The van der Waals surface area contributed by atoms with Gasteiger partial charge >= 0.3 is 5.97 Å². The van der Waals surface area contributed by atoms with Crippen molar-refractivity contribution in [1.29, 1.82) is 0 Å². The van der Waals surface area contributed by atoms with Crippen LogP contribution in [-0.4, -0.2) is 23.2 Å². The van der Waals surface area contributed by atoms with E-state index in [1.54, 1.807) is 19.2 Å². The number of pyridine rings is 1. The highest BCUT2D eigenvalue weighted by Crippen LogP contribution is 2.31. The number of carboxylic acids is 1. The lowest BCUT2D eigenvalue weighted by molar-refractivity contribution is 0.0692. The zero-order valence-corrected chi connectivity index (χ0v) is 11.4. The van der Waals surface area contributed by atoms with Gasteiger partial charge in [-0.05, 0) is 37.3 Å². The maximum absolute atomic E-state index is 11.2. The molecule has 98 valence electrons. The minimum Gasteiger partial charge on any atom is -0.497 e. The van der Waals surface area contributed by atoms with Crippen molar-refractivity contribution in [3.63, 3.8) is 0 Å². The zero-order valence-electron chi connectivity index (χ0n) is 10.6. The van der Waals surface area contributed by atoms with Crippen molar-refractivity contribution in [1.82, 2.24) is 4.98 Å². The molecule has 0 atom stereocenters. The van der Waals surface area contributed by atoms with E-state index in [1.165, 1.54) is 11.8 Å². The summed E-state index contributed by atoms with van der Waals surface area (Å²) in [5, 5.41) is 9.64. The maximum Gasteiger partial charge on any atom is 0.338 e. The monoisotopic (exact) mass is 275 g/mol. The van der Waals surface area contributed by atoms with Gasteiger partial charge in [-0.25, -0.2) is 9.78 Å². The lowest BCUT2D eigenvalue weighted by atomic mass is 10.2. The van der Waals surface area contributed by atoms with Crippen LogP contribution in [0.3, 0.4) is 0 Å². The molecule has 0 aliphatic heterocycles. The van der Waals surface area contributed by atoms with E-state index in [1.807, 2.05) is 31.2 Å². The van der Waals surface area contributed by atoms with Crippen molar-refractivity contribution in [2.75, 3.05) is 7.11 Å². The van der Waals surface area contributed by atoms with Crippen LogP contribution in [0.2, 0.25) is 0 Å². The number of methoxy groups -OCH3 is 1. The van der Waals surface area contributed by atoms with E-state index in [0.29, 0.717) is 5.03 Å². The fourth-order valence-electron chi connectivity index (χ4n) is 1.55. The summed E-state index contributed by atoms with van der Waals surface area (Å²) < 4.78 is 5.14. The van der Waals surface area contributed by atoms with E-state index in [2.05, 4.69) is 4.98 Å². The number of rotatable bonds is 4. The van der Waals surface area contributed by atoms with Crippen LogP contribution >= 0.6 is 11.8 Å². The molecule has 0 amide bonds. The normalized spacial score (nSPS) is 10.2. The maximum atomic E-state index is 11.2. The number of aromatic nitrogens is 1. The molecular formula is C14H13NO3S. The first kappa shape index (κ1) is 13.4. The van der Waals surface area contributed by atoms with Gasteiger partial charge in [-0.2, -0.15) is 0 Å². The molecule has 1 heterocycles. The zero-order chi connectivity index (χ0) is 13.8. The van der Waals surface area contributed by atoms with E-state index in [-0.39, 0.29) is 5.56 Å². The Morgan fingerprint density at radius 2 is 2.11 bits per heavy atom. The predicted molar refractivity (Wildman–Crippen MR) is 73.1 cm³/mol. The molecule has 0 aliphatic rings. The molecule has 0 saturated carbocycles. The van der Waals surface area contributed by atoms with Crippen LogP contribution in [-0.2, 0) is 0 Å². The third-order valence-corrected chi connectivity index (χ3v) is 3.48. The van der Waals surface area contributed by atoms with Crippen molar-refractivity contribution >= 4 is 17.7 Å². The van der Waals surface area contributed by atoms with Crippen LogP contribution < -0.4 is 4.74 Å². The number of hydrogen-bond acceptors (Lipinski definition) is 4. The Kier molecular flexibility index (Phi) is 4.06. The number of hydrogen-bond donors (Lipinski definition) is 1. The Labute approximate surface area is 115 Å². The average Bonchev–Trinajstić information content (AvgIpc) is 2.38. The second kappa shape index (κ2) is 5.75. The average molecular weight is 275 g/mol. The summed E-state index contributed by atoms with van der Waals surface area (Å²) in [6, 6.07) is 10.7. The summed E-state index contributed by atoms with van der Waals surface area (Å²) in [5.41, 5.74) is 0.994. The lowest BCUT2D eigenvalue weighted by Gasteiger charge is -2.07. The first-order valence-electron chi connectivity index (χ1n) is 5.63. The molecule has 1 aromatic heterocycles. The van der Waals surface area contributed by atoms with Crippen molar-refractivity contribution in [2.24, 2.45) is 0 Å². The fourth-order valence-corrected chi connectivity index (χ4v) is 2.55. The molecule has 1 aromatic carbocycles. The molecule has 0 unspecified atom stereocenters. The second-order valence-corrected chi connectivity index (χ2v) is 4.95. The van der Waals surface area contributed by atoms with Gasteiger partial charge < -0.3 is 9.84 Å². The van der Waals surface area contributed by atoms with Crippen LogP contribution in [0.4, 0.5) is 0 Å². The minimum atomic E-state index is -0.974. The van der Waals surface area contributed by atoms with Gasteiger partial charge in [0, 0.05) is 10.6 Å². The summed E-state index contributed by atoms with van der Waals surface area (Å²) in [5.74, 6) is -0.243. The van der Waals surface area contributed by atoms with Gasteiger partial charge in [0.25, 0.3) is 0 Å². The van der Waals surface area contributed by atoms with Crippen molar-refractivity contribution in [2.45, 2.75) is 16.8 Å². The third-order valence-electron chi connectivity index (χ3n) is 2.49. The van der Waals surface area contributed by atoms with Crippen LogP contribution in [0.15, 0.2) is 46.3 Å². The highest BCUT2D eigenvalue weighted by molar-refractivity contribution is 7.99. The SMILES string of the molecule is COc1cccc(Sc2nc(C)ccc2C(=O)O)c1. The molecule has 0 aliphatic carbocycles. The lowest BCUT2D eigenvalue weighted by Crippen LogP contribution is -2.01. The van der Waals surface area contributed by atoms with Gasteiger partial charge in [0.2, 0.25) is 0 Å². The molecule has 2 aromatic rings. The molecule has 4 nitrogen and oxygen atoms in total. The van der Waals surface area contributed by atoms with Crippen molar-refractivity contribution in [3.05, 3.63) is 47.7 Å². The van der Waals surface area contributed by atoms with E-state index >= 15 is 0 Å². The van der Waals surface area contributed by atoms with E-state index in [4.69, 9.17) is 9.84 Å². The Hall–Kier alpha value is -2.01. The Morgan fingerprint density at radius 1 is 1.32 bits per heavy atom. The molecule has 2 rings (SSSR count). The number of ether oxygens (including phenoxy) is 1. The van der Waals surface area contributed by atoms with E-state index in [9.17, 15) is 4.79 Å². The number of aryl methyl sites for hydroxylation is 1. The number of carboxylic acid groups (broad SMARTS) is 1. The molecule has 0 fully saturated rings. The van der Waals surface area contributed by atoms with Gasteiger partial charge in [0.15, 0.2) is 0 Å². The molecule has 1 N–H and O–H groups in total. The van der Waals surface area contributed by atoms with Crippen LogP contribution in [0.25, 0.3) is 0 Å². The smallest absolute Gasteiger partial charge is 0.338 e. The number of aromatic carboxylic acids is 1. The summed E-state index contributed by atoms with van der Waals surface area (Å²) >= 11 is 1.31. The predicted octanol–water partition coefficient (Wildman–Crippen LogP) is 3.25. The van der Waals surface area contributed by atoms with Gasteiger partial charge in [-0.1, -0.05) is 17.8 Å². The standard InChI is InChI=1S/C14H13NO3S/c1-9-6-7-12(14(16)17)13(15-9)19-11-5-3-4-10(8-11)18-2/h3-8H,1-2H3,(H,16,17). The molecule has 0 bridgehead atoms. The third kappa shape index (κ3) is 3.26. The first-order chi connectivity index (χ1) is 9.10. The Balaban J connectivity index is 2.36. The molecule has 0 spiro atoms. The Morgan fingerprint density at radius 3 is 2.79 bits per heavy atom. The minimum absolute atomic E-state index is 0.207. The highest BCUT2D eigenvalue weighted by atomic mass is 32.2. The van der Waals surface area contributed by atoms with E-state index in [0.717, 1.165) is 16.3 Å². The van der Waals surface area contributed by atoms with Gasteiger partial charge in [0.05, 0.1) is 12.7 Å². The van der Waals surface area contributed by atoms with Crippen LogP contribution in [0.5, 0.6) is 5.75 Å². The number of benzene rings is 1. The summed E-state index contributed by atoms with van der Waals surface area (Å²) in [4.78, 5) is 16.3. The molecule has 19 heavy (non-hydrogen) atoms. The van der Waals surface area contributed by atoms with Crippen molar-refractivity contribution < 1.29 is 14.6 Å². The van der Waals surface area contributed by atoms with Crippen LogP contribution in [0.1, 0.15) is 16.1 Å². The molecule has 0 saturated heterocycles. The Bertz CT molecular complexity index is 613. The summed E-state index contributed by atoms with van der Waals surface area (Å²) in [7, 11) is 1.59. The number of nitrogens with zero attached hydrogens (tertiary/aromatic N) is 1.